The molecule has 0 aromatic carbocycles. The summed E-state index contributed by atoms with van der Waals surface area (Å²) in [7, 11) is 1.89. The molecule has 5 rings (SSSR count). The maximum absolute atomic E-state index is 5.78. The quantitative estimate of drug-likeness (QED) is 0.584. The minimum atomic E-state index is 0.269. The molecule has 2 unspecified atom stereocenters. The van der Waals surface area contributed by atoms with Gasteiger partial charge in [0.25, 0.3) is 0 Å². The second kappa shape index (κ2) is 7.04. The number of allylic oxidation sites excluding steroid dienone is 3. The van der Waals surface area contributed by atoms with Crippen molar-refractivity contribution in [2.45, 2.75) is 71.8 Å². The van der Waals surface area contributed by atoms with E-state index in [9.17, 15) is 0 Å². The van der Waals surface area contributed by atoms with Crippen LogP contribution in [0.1, 0.15) is 71.3 Å². The van der Waals surface area contributed by atoms with Crippen LogP contribution in [0.3, 0.4) is 0 Å². The van der Waals surface area contributed by atoms with Crippen LogP contribution in [-0.2, 0) is 4.74 Å². The zero-order valence-electron chi connectivity index (χ0n) is 18.5. The van der Waals surface area contributed by atoms with Gasteiger partial charge in [-0.15, -0.1) is 0 Å². The van der Waals surface area contributed by atoms with Gasteiger partial charge in [0.2, 0.25) is 0 Å². The standard InChI is InChI=1S/C26H36N2O/c1-5-17-12-19-13-20(29-4)8-10-25(19,2)23-9-11-26(3)21(6-7-22(26)24(17)23)18-14-27-16-28-15-18/h6,12,14-17,20,22-24H,5,7-11,13H2,1-4H3/t17?,20?,22-,23+,24-,25-,26+/m0/s1. The van der Waals surface area contributed by atoms with Crippen molar-refractivity contribution in [3.63, 3.8) is 0 Å². The van der Waals surface area contributed by atoms with Gasteiger partial charge in [-0.05, 0) is 85.0 Å². The molecule has 3 heteroatoms. The fourth-order valence-corrected chi connectivity index (χ4v) is 7.84. The lowest BCUT2D eigenvalue weighted by molar-refractivity contribution is -0.0507. The number of aromatic nitrogens is 2. The maximum Gasteiger partial charge on any atom is 0.115 e. The predicted molar refractivity (Wildman–Crippen MR) is 117 cm³/mol. The zero-order valence-corrected chi connectivity index (χ0v) is 18.5. The van der Waals surface area contributed by atoms with E-state index in [1.165, 1.54) is 49.7 Å². The number of fused-ring (bicyclic) bond motifs is 5. The fraction of sp³-hybridized carbons (Fsp3) is 0.692. The van der Waals surface area contributed by atoms with E-state index in [-0.39, 0.29) is 5.41 Å². The van der Waals surface area contributed by atoms with E-state index in [0.717, 1.165) is 24.2 Å². The molecule has 2 fully saturated rings. The van der Waals surface area contributed by atoms with Crippen LogP contribution in [-0.4, -0.2) is 23.2 Å². The van der Waals surface area contributed by atoms with E-state index in [1.807, 2.05) is 19.5 Å². The largest absolute Gasteiger partial charge is 0.381 e. The maximum atomic E-state index is 5.78. The molecule has 4 aliphatic carbocycles. The first-order valence-corrected chi connectivity index (χ1v) is 11.7. The monoisotopic (exact) mass is 392 g/mol. The van der Waals surface area contributed by atoms with Crippen LogP contribution in [0.4, 0.5) is 0 Å². The number of ether oxygens (including phenoxy) is 1. The highest BCUT2D eigenvalue weighted by Gasteiger charge is 2.58. The van der Waals surface area contributed by atoms with E-state index in [2.05, 4.69) is 42.9 Å². The summed E-state index contributed by atoms with van der Waals surface area (Å²) >= 11 is 0. The Kier molecular flexibility index (Phi) is 4.73. The molecule has 0 N–H and O–H groups in total. The third kappa shape index (κ3) is 2.80. The lowest BCUT2D eigenvalue weighted by Gasteiger charge is -2.60. The summed E-state index contributed by atoms with van der Waals surface area (Å²) in [5.41, 5.74) is 5.12. The Labute approximate surface area is 176 Å². The summed E-state index contributed by atoms with van der Waals surface area (Å²) in [5, 5.41) is 0. The van der Waals surface area contributed by atoms with Gasteiger partial charge in [0, 0.05) is 25.1 Å². The van der Waals surface area contributed by atoms with Crippen molar-refractivity contribution in [3.05, 3.63) is 42.0 Å². The Morgan fingerprint density at radius 3 is 2.55 bits per heavy atom. The second-order valence-electron chi connectivity index (χ2n) is 10.5. The lowest BCUT2D eigenvalue weighted by Crippen LogP contribution is -2.52. The Balaban J connectivity index is 1.51. The van der Waals surface area contributed by atoms with Crippen molar-refractivity contribution in [3.8, 4) is 0 Å². The van der Waals surface area contributed by atoms with Gasteiger partial charge in [-0.1, -0.05) is 38.5 Å². The van der Waals surface area contributed by atoms with Gasteiger partial charge in [0.05, 0.1) is 6.10 Å². The average Bonchev–Trinajstić information content (AvgIpc) is 3.10. The topological polar surface area (TPSA) is 35.0 Å². The van der Waals surface area contributed by atoms with Crippen molar-refractivity contribution in [2.75, 3.05) is 7.11 Å². The van der Waals surface area contributed by atoms with Gasteiger partial charge >= 0.3 is 0 Å². The van der Waals surface area contributed by atoms with Crippen molar-refractivity contribution in [1.29, 1.82) is 0 Å². The smallest absolute Gasteiger partial charge is 0.115 e. The first-order chi connectivity index (χ1) is 14.0. The van der Waals surface area contributed by atoms with Gasteiger partial charge < -0.3 is 4.74 Å². The number of hydrogen-bond donors (Lipinski definition) is 0. The summed E-state index contributed by atoms with van der Waals surface area (Å²) < 4.78 is 5.78. The van der Waals surface area contributed by atoms with Gasteiger partial charge in [-0.25, -0.2) is 9.97 Å². The van der Waals surface area contributed by atoms with Crippen molar-refractivity contribution in [1.82, 2.24) is 9.97 Å². The summed E-state index contributed by atoms with van der Waals surface area (Å²) in [6, 6.07) is 0. The number of methoxy groups -OCH3 is 1. The highest BCUT2D eigenvalue weighted by atomic mass is 16.5. The summed E-state index contributed by atoms with van der Waals surface area (Å²) in [6.07, 6.45) is 20.1. The third-order valence-electron chi connectivity index (χ3n) is 9.48. The molecule has 1 heterocycles. The molecule has 2 saturated carbocycles. The van der Waals surface area contributed by atoms with Crippen LogP contribution in [0.25, 0.3) is 5.57 Å². The molecule has 0 amide bonds. The molecule has 1 aromatic heterocycles. The Bertz CT molecular complexity index is 830. The molecule has 0 radical (unpaired) electrons. The van der Waals surface area contributed by atoms with Crippen LogP contribution in [0.2, 0.25) is 0 Å². The van der Waals surface area contributed by atoms with Crippen molar-refractivity contribution in [2.24, 2.45) is 34.5 Å². The van der Waals surface area contributed by atoms with Crippen molar-refractivity contribution >= 4 is 5.57 Å². The first kappa shape index (κ1) is 19.5. The minimum Gasteiger partial charge on any atom is -0.381 e. The summed E-state index contributed by atoms with van der Waals surface area (Å²) in [5.74, 6) is 3.08. The number of hydrogen-bond acceptors (Lipinski definition) is 3. The Hall–Kier alpha value is -1.48. The summed E-state index contributed by atoms with van der Waals surface area (Å²) in [6.45, 7) is 7.53. The minimum absolute atomic E-state index is 0.269. The lowest BCUT2D eigenvalue weighted by atomic mass is 9.45. The molecular weight excluding hydrogens is 356 g/mol. The van der Waals surface area contributed by atoms with Crippen LogP contribution in [0.5, 0.6) is 0 Å². The molecule has 29 heavy (non-hydrogen) atoms. The third-order valence-corrected chi connectivity index (χ3v) is 9.48. The molecule has 4 aliphatic rings. The van der Waals surface area contributed by atoms with E-state index in [4.69, 9.17) is 4.74 Å². The van der Waals surface area contributed by atoms with Crippen molar-refractivity contribution < 1.29 is 4.74 Å². The van der Waals surface area contributed by atoms with E-state index >= 15 is 0 Å². The zero-order chi connectivity index (χ0) is 20.2. The SMILES string of the molecule is CCC1C=C2CC(OC)CC[C@]2(C)[C@@H]2CC[C@]3(C)C(c4cncnc4)=CC[C@H]3[C@H]12. The van der Waals surface area contributed by atoms with Gasteiger partial charge in [0.1, 0.15) is 6.33 Å². The fourth-order valence-electron chi connectivity index (χ4n) is 7.84. The molecule has 0 saturated heterocycles. The first-order valence-electron chi connectivity index (χ1n) is 11.7. The van der Waals surface area contributed by atoms with Gasteiger partial charge in [-0.2, -0.15) is 0 Å². The highest BCUT2D eigenvalue weighted by Crippen LogP contribution is 2.67. The van der Waals surface area contributed by atoms with E-state index in [0.29, 0.717) is 17.4 Å². The van der Waals surface area contributed by atoms with Crippen LogP contribution in [0.15, 0.2) is 36.4 Å². The Morgan fingerprint density at radius 2 is 1.83 bits per heavy atom. The molecule has 0 aliphatic heterocycles. The van der Waals surface area contributed by atoms with Crippen LogP contribution in [0, 0.1) is 34.5 Å². The molecule has 0 bridgehead atoms. The molecule has 3 nitrogen and oxygen atoms in total. The predicted octanol–water partition coefficient (Wildman–Crippen LogP) is 6.08. The van der Waals surface area contributed by atoms with Gasteiger partial charge in [-0.3, -0.25) is 0 Å². The normalized spacial score (nSPS) is 43.7. The van der Waals surface area contributed by atoms with Crippen LogP contribution >= 0.6 is 0 Å². The molecule has 0 spiro atoms. The second-order valence-corrected chi connectivity index (χ2v) is 10.5. The number of nitrogens with zero attached hydrogens (tertiary/aromatic N) is 2. The van der Waals surface area contributed by atoms with E-state index < -0.39 is 0 Å². The van der Waals surface area contributed by atoms with Crippen LogP contribution < -0.4 is 0 Å². The molecule has 156 valence electrons. The molecular formula is C26H36N2O. The molecule has 7 atom stereocenters. The number of rotatable bonds is 3. The van der Waals surface area contributed by atoms with Gasteiger partial charge in [0.15, 0.2) is 0 Å². The highest BCUT2D eigenvalue weighted by molar-refractivity contribution is 5.72. The summed E-state index contributed by atoms with van der Waals surface area (Å²) in [4.78, 5) is 8.63. The van der Waals surface area contributed by atoms with E-state index in [1.54, 1.807) is 11.9 Å². The average molecular weight is 393 g/mol. The Morgan fingerprint density at radius 1 is 1.07 bits per heavy atom. The molecule has 1 aromatic rings.